The van der Waals surface area contributed by atoms with E-state index in [2.05, 4.69) is 4.37 Å². The van der Waals surface area contributed by atoms with E-state index in [1.165, 1.54) is 7.11 Å². The number of ether oxygens (including phenoxy) is 1. The van der Waals surface area contributed by atoms with Gasteiger partial charge in [-0.3, -0.25) is 4.79 Å². The lowest BCUT2D eigenvalue weighted by molar-refractivity contribution is -0.136. The fourth-order valence-corrected chi connectivity index (χ4v) is 1.30. The number of hydrogen-bond donors (Lipinski definition) is 1. The van der Waals surface area contributed by atoms with Crippen LogP contribution >= 0.6 is 11.5 Å². The molecular formula is C6H7NO3S. The van der Waals surface area contributed by atoms with Gasteiger partial charge in [0, 0.05) is 10.9 Å². The molecule has 0 saturated heterocycles. The van der Waals surface area contributed by atoms with E-state index in [-0.39, 0.29) is 6.42 Å². The maximum atomic E-state index is 10.2. The van der Waals surface area contributed by atoms with Crippen molar-refractivity contribution in [3.05, 3.63) is 10.9 Å². The zero-order valence-corrected chi connectivity index (χ0v) is 6.72. The van der Waals surface area contributed by atoms with Crippen LogP contribution < -0.4 is 4.74 Å². The first-order valence-corrected chi connectivity index (χ1v) is 3.71. The van der Waals surface area contributed by atoms with Gasteiger partial charge in [0.1, 0.15) is 0 Å². The number of carboxylic acid groups (broad SMARTS) is 1. The standard InChI is InChI=1S/C6H7NO3S/c1-10-5-2-4(11-7-5)3-6(8)9/h2H,3H2,1H3,(H,8,9). The number of carbonyl (C=O) groups is 1. The average Bonchev–Trinajstić information content (AvgIpc) is 2.34. The molecule has 1 N–H and O–H groups in total. The first-order valence-electron chi connectivity index (χ1n) is 2.93. The predicted octanol–water partition coefficient (Wildman–Crippen LogP) is 0.779. The van der Waals surface area contributed by atoms with Gasteiger partial charge in [-0.05, 0) is 11.5 Å². The second-order valence-corrected chi connectivity index (χ2v) is 2.80. The number of methoxy groups -OCH3 is 1. The normalized spacial score (nSPS) is 9.55. The van der Waals surface area contributed by atoms with Crippen LogP contribution in [0, 0.1) is 0 Å². The lowest BCUT2D eigenvalue weighted by Crippen LogP contribution is -1.97. The molecule has 0 fully saturated rings. The van der Waals surface area contributed by atoms with Crippen LogP contribution in [0.4, 0.5) is 0 Å². The van der Waals surface area contributed by atoms with Crippen LogP contribution in [-0.4, -0.2) is 22.6 Å². The Morgan fingerprint density at radius 2 is 2.64 bits per heavy atom. The third kappa shape index (κ3) is 2.19. The number of aliphatic carboxylic acids is 1. The molecule has 0 amide bonds. The van der Waals surface area contributed by atoms with Gasteiger partial charge in [0.15, 0.2) is 0 Å². The molecule has 0 aliphatic carbocycles. The summed E-state index contributed by atoms with van der Waals surface area (Å²) >= 11 is 1.15. The molecular weight excluding hydrogens is 166 g/mol. The molecule has 11 heavy (non-hydrogen) atoms. The maximum Gasteiger partial charge on any atom is 0.308 e. The molecule has 1 heterocycles. The van der Waals surface area contributed by atoms with E-state index in [4.69, 9.17) is 9.84 Å². The monoisotopic (exact) mass is 173 g/mol. The molecule has 1 aromatic rings. The highest BCUT2D eigenvalue weighted by Gasteiger charge is 2.04. The summed E-state index contributed by atoms with van der Waals surface area (Å²) in [6, 6.07) is 1.62. The van der Waals surface area contributed by atoms with E-state index in [9.17, 15) is 4.79 Å². The SMILES string of the molecule is COc1cc(CC(=O)O)sn1. The Bertz CT molecular complexity index is 258. The second-order valence-electron chi connectivity index (χ2n) is 1.91. The predicted molar refractivity (Wildman–Crippen MR) is 40.0 cm³/mol. The van der Waals surface area contributed by atoms with Crippen molar-refractivity contribution in [2.75, 3.05) is 7.11 Å². The molecule has 0 atom stereocenters. The molecule has 1 rings (SSSR count). The summed E-state index contributed by atoms with van der Waals surface area (Å²) in [6.45, 7) is 0. The molecule has 5 heteroatoms. The average molecular weight is 173 g/mol. The molecule has 0 spiro atoms. The summed E-state index contributed by atoms with van der Waals surface area (Å²) < 4.78 is 8.63. The van der Waals surface area contributed by atoms with Crippen LogP contribution in [-0.2, 0) is 11.2 Å². The van der Waals surface area contributed by atoms with Gasteiger partial charge in [-0.2, -0.15) is 4.37 Å². The Morgan fingerprint density at radius 1 is 1.91 bits per heavy atom. The van der Waals surface area contributed by atoms with Gasteiger partial charge in [0.25, 0.3) is 0 Å². The summed E-state index contributed by atoms with van der Waals surface area (Å²) in [5, 5.41) is 8.39. The molecule has 0 unspecified atom stereocenters. The lowest BCUT2D eigenvalue weighted by Gasteiger charge is -1.87. The summed E-state index contributed by atoms with van der Waals surface area (Å²) in [5.74, 6) is -0.373. The Labute approximate surface area is 67.6 Å². The Morgan fingerprint density at radius 3 is 3.09 bits per heavy atom. The smallest absolute Gasteiger partial charge is 0.308 e. The van der Waals surface area contributed by atoms with Crippen LogP contribution in [0.1, 0.15) is 4.88 Å². The molecule has 0 aromatic carbocycles. The highest BCUT2D eigenvalue weighted by Crippen LogP contribution is 2.16. The molecule has 4 nitrogen and oxygen atoms in total. The van der Waals surface area contributed by atoms with Crippen molar-refractivity contribution < 1.29 is 14.6 Å². The maximum absolute atomic E-state index is 10.2. The first kappa shape index (κ1) is 8.00. The number of aromatic nitrogens is 1. The first-order chi connectivity index (χ1) is 5.22. The molecule has 1 aromatic heterocycles. The Kier molecular flexibility index (Phi) is 2.43. The van der Waals surface area contributed by atoms with Gasteiger partial charge in [0.2, 0.25) is 5.88 Å². The Hall–Kier alpha value is -1.10. The van der Waals surface area contributed by atoms with Crippen molar-refractivity contribution >= 4 is 17.5 Å². The van der Waals surface area contributed by atoms with E-state index in [1.807, 2.05) is 0 Å². The third-order valence-corrected chi connectivity index (χ3v) is 1.84. The fraction of sp³-hybridized carbons (Fsp3) is 0.333. The highest BCUT2D eigenvalue weighted by molar-refractivity contribution is 7.06. The topological polar surface area (TPSA) is 59.4 Å². The van der Waals surface area contributed by atoms with Gasteiger partial charge < -0.3 is 9.84 Å². The second kappa shape index (κ2) is 3.34. The quantitative estimate of drug-likeness (QED) is 0.733. The summed E-state index contributed by atoms with van der Waals surface area (Å²) in [7, 11) is 1.50. The van der Waals surface area contributed by atoms with Crippen molar-refractivity contribution in [3.8, 4) is 5.88 Å². The van der Waals surface area contributed by atoms with Gasteiger partial charge >= 0.3 is 5.97 Å². The van der Waals surface area contributed by atoms with Gasteiger partial charge in [-0.15, -0.1) is 0 Å². The van der Waals surface area contributed by atoms with Crippen molar-refractivity contribution in [3.63, 3.8) is 0 Å². The summed E-state index contributed by atoms with van der Waals surface area (Å²) in [6.07, 6.45) is 0.0149. The molecule has 60 valence electrons. The molecule has 0 aliphatic rings. The largest absolute Gasteiger partial charge is 0.481 e. The minimum absolute atomic E-state index is 0.0149. The fourth-order valence-electron chi connectivity index (χ4n) is 0.623. The van der Waals surface area contributed by atoms with E-state index in [0.717, 1.165) is 11.5 Å². The van der Waals surface area contributed by atoms with Crippen LogP contribution in [0.2, 0.25) is 0 Å². The van der Waals surface area contributed by atoms with Crippen molar-refractivity contribution in [2.24, 2.45) is 0 Å². The zero-order valence-electron chi connectivity index (χ0n) is 5.90. The number of hydrogen-bond acceptors (Lipinski definition) is 4. The number of rotatable bonds is 3. The van der Waals surface area contributed by atoms with Crippen LogP contribution in [0.3, 0.4) is 0 Å². The molecule has 0 radical (unpaired) electrons. The molecule has 0 aliphatic heterocycles. The van der Waals surface area contributed by atoms with Gasteiger partial charge in [-0.25, -0.2) is 0 Å². The minimum atomic E-state index is -0.851. The van der Waals surface area contributed by atoms with Gasteiger partial charge in [0.05, 0.1) is 13.5 Å². The summed E-state index contributed by atoms with van der Waals surface area (Å²) in [5.41, 5.74) is 0. The van der Waals surface area contributed by atoms with E-state index in [1.54, 1.807) is 6.07 Å². The van der Waals surface area contributed by atoms with Crippen LogP contribution in [0.25, 0.3) is 0 Å². The van der Waals surface area contributed by atoms with Crippen LogP contribution in [0.15, 0.2) is 6.07 Å². The van der Waals surface area contributed by atoms with Gasteiger partial charge in [-0.1, -0.05) is 0 Å². The van der Waals surface area contributed by atoms with E-state index >= 15 is 0 Å². The highest BCUT2D eigenvalue weighted by atomic mass is 32.1. The Balaban J connectivity index is 2.65. The van der Waals surface area contributed by atoms with Crippen LogP contribution in [0.5, 0.6) is 5.88 Å². The van der Waals surface area contributed by atoms with E-state index in [0.29, 0.717) is 10.8 Å². The minimum Gasteiger partial charge on any atom is -0.481 e. The number of nitrogens with zero attached hydrogens (tertiary/aromatic N) is 1. The lowest BCUT2D eigenvalue weighted by atomic mass is 10.3. The summed E-state index contributed by atoms with van der Waals surface area (Å²) in [4.78, 5) is 10.9. The zero-order chi connectivity index (χ0) is 8.27. The molecule has 0 bridgehead atoms. The van der Waals surface area contributed by atoms with Crippen molar-refractivity contribution in [2.45, 2.75) is 6.42 Å². The van der Waals surface area contributed by atoms with E-state index < -0.39 is 5.97 Å². The van der Waals surface area contributed by atoms with Crippen molar-refractivity contribution in [1.29, 1.82) is 0 Å². The third-order valence-electron chi connectivity index (χ3n) is 1.07. The number of carboxylic acids is 1. The molecule has 0 saturated carbocycles. The van der Waals surface area contributed by atoms with Crippen molar-refractivity contribution in [1.82, 2.24) is 4.37 Å².